The molecule has 0 radical (unpaired) electrons. The molecule has 2 bridgehead atoms. The maximum atomic E-state index is 12.4. The van der Waals surface area contributed by atoms with Crippen LogP contribution in [0, 0.1) is 45.1 Å². The number of hydrogen-bond donors (Lipinski definition) is 0. The van der Waals surface area contributed by atoms with Gasteiger partial charge in [-0.2, -0.15) is 0 Å². The van der Waals surface area contributed by atoms with Crippen LogP contribution in [0.5, 0.6) is 0 Å². The van der Waals surface area contributed by atoms with Crippen molar-refractivity contribution in [3.8, 4) is 0 Å². The van der Waals surface area contributed by atoms with Crippen LogP contribution < -0.4 is 0 Å². The lowest BCUT2D eigenvalue weighted by atomic mass is 9.46. The fourth-order valence-corrected chi connectivity index (χ4v) is 7.74. The van der Waals surface area contributed by atoms with Crippen LogP contribution in [0.1, 0.15) is 47.0 Å². The van der Waals surface area contributed by atoms with Crippen molar-refractivity contribution in [2.24, 2.45) is 45.0 Å². The van der Waals surface area contributed by atoms with E-state index in [4.69, 9.17) is 0 Å². The van der Waals surface area contributed by atoms with Crippen molar-refractivity contribution in [1.82, 2.24) is 0 Å². The van der Waals surface area contributed by atoms with Gasteiger partial charge in [0, 0.05) is 17.8 Å². The van der Waals surface area contributed by atoms with Gasteiger partial charge in [0.05, 0.1) is 0 Å². The van der Waals surface area contributed by atoms with Crippen molar-refractivity contribution in [3.63, 3.8) is 0 Å². The molecule has 6 rings (SSSR count). The van der Waals surface area contributed by atoms with E-state index in [9.17, 15) is 5.21 Å². The summed E-state index contributed by atoms with van der Waals surface area (Å²) in [5.41, 5.74) is 1.22. The topological polar surface area (TPSA) is 38.4 Å². The molecule has 3 heteroatoms. The van der Waals surface area contributed by atoms with Gasteiger partial charge in [0.25, 0.3) is 0 Å². The van der Waals surface area contributed by atoms with Crippen LogP contribution in [0.25, 0.3) is 0 Å². The minimum atomic E-state index is 0.211. The van der Waals surface area contributed by atoms with E-state index in [1.807, 2.05) is 0 Å². The average molecular weight is 260 g/mol. The minimum Gasteiger partial charge on any atom is -0.600 e. The summed E-state index contributed by atoms with van der Waals surface area (Å²) in [4.78, 5) is 1.15. The highest BCUT2D eigenvalue weighted by atomic mass is 16.5. The molecule has 0 unspecified atom stereocenters. The van der Waals surface area contributed by atoms with Crippen molar-refractivity contribution in [2.75, 3.05) is 0 Å². The Morgan fingerprint density at radius 2 is 1.63 bits per heavy atom. The zero-order valence-electron chi connectivity index (χ0n) is 12.4. The first kappa shape index (κ1) is 11.1. The standard InChI is InChI=1S/C16H24N2O/c1-14(2)15(3)10-11(16(14,15)4)13-9-7-5-6-8(9)12(10)17-18(13)19/h8-13H,5-7H2,1-4H3/t8-,9+,10+,11-,12-,13+,15-,16+/m1/s1. The third-order valence-corrected chi connectivity index (χ3v) is 9.07. The summed E-state index contributed by atoms with van der Waals surface area (Å²) < 4.78 is 0. The van der Waals surface area contributed by atoms with Crippen molar-refractivity contribution in [1.29, 1.82) is 0 Å². The van der Waals surface area contributed by atoms with Gasteiger partial charge in [-0.3, -0.25) is 0 Å². The molecule has 4 saturated carbocycles. The van der Waals surface area contributed by atoms with Gasteiger partial charge in [-0.05, 0) is 40.1 Å². The Labute approximate surface area is 115 Å². The van der Waals surface area contributed by atoms with Crippen molar-refractivity contribution in [3.05, 3.63) is 5.21 Å². The Bertz CT molecular complexity index is 527. The van der Waals surface area contributed by atoms with Gasteiger partial charge >= 0.3 is 0 Å². The summed E-state index contributed by atoms with van der Waals surface area (Å²) in [6, 6.07) is 0.558. The van der Waals surface area contributed by atoms with Crippen LogP contribution in [0.15, 0.2) is 5.11 Å². The molecule has 6 aliphatic rings. The maximum absolute atomic E-state index is 12.4. The highest BCUT2D eigenvalue weighted by Crippen LogP contribution is 2.95. The van der Waals surface area contributed by atoms with Crippen LogP contribution in [-0.4, -0.2) is 16.9 Å². The lowest BCUT2D eigenvalue weighted by molar-refractivity contribution is -0.626. The zero-order valence-corrected chi connectivity index (χ0v) is 12.4. The van der Waals surface area contributed by atoms with Crippen LogP contribution in [-0.2, 0) is 0 Å². The zero-order chi connectivity index (χ0) is 13.4. The fraction of sp³-hybridized carbons (Fsp3) is 1.00. The molecule has 0 saturated heterocycles. The molecule has 0 spiro atoms. The summed E-state index contributed by atoms with van der Waals surface area (Å²) in [5, 5.41) is 16.9. The monoisotopic (exact) mass is 260 g/mol. The summed E-state index contributed by atoms with van der Waals surface area (Å²) in [6.45, 7) is 9.78. The van der Waals surface area contributed by atoms with E-state index in [1.165, 1.54) is 19.3 Å². The number of fused-ring (bicyclic) bond motifs is 1. The Morgan fingerprint density at radius 1 is 1.00 bits per heavy atom. The van der Waals surface area contributed by atoms with Gasteiger partial charge in [-0.25, -0.2) is 0 Å². The van der Waals surface area contributed by atoms with E-state index in [0.29, 0.717) is 40.0 Å². The van der Waals surface area contributed by atoms with Crippen molar-refractivity contribution < 1.29 is 4.86 Å². The lowest BCUT2D eigenvalue weighted by Gasteiger charge is -2.59. The average Bonchev–Trinajstić information content (AvgIpc) is 2.79. The molecule has 3 nitrogen and oxygen atoms in total. The molecule has 104 valence electrons. The first-order valence-corrected chi connectivity index (χ1v) is 8.04. The first-order chi connectivity index (χ1) is 8.87. The second kappa shape index (κ2) is 2.60. The Balaban J connectivity index is 1.68. The van der Waals surface area contributed by atoms with E-state index in [-0.39, 0.29) is 6.04 Å². The number of hydrogen-bond acceptors (Lipinski definition) is 2. The number of hydroxylamine groups is 1. The third kappa shape index (κ3) is 0.745. The van der Waals surface area contributed by atoms with Gasteiger partial charge in [0.1, 0.15) is 6.04 Å². The molecule has 2 aliphatic heterocycles. The van der Waals surface area contributed by atoms with E-state index in [2.05, 4.69) is 32.8 Å². The number of azo groups is 1. The predicted molar refractivity (Wildman–Crippen MR) is 71.4 cm³/mol. The van der Waals surface area contributed by atoms with E-state index in [1.54, 1.807) is 0 Å². The molecule has 4 fully saturated rings. The van der Waals surface area contributed by atoms with Crippen LogP contribution in [0.4, 0.5) is 0 Å². The highest BCUT2D eigenvalue weighted by Gasteiger charge is 2.95. The van der Waals surface area contributed by atoms with Crippen molar-refractivity contribution >= 4 is 0 Å². The molecule has 0 N–H and O–H groups in total. The Morgan fingerprint density at radius 3 is 2.37 bits per heavy atom. The largest absolute Gasteiger partial charge is 0.600 e. The van der Waals surface area contributed by atoms with Crippen LogP contribution >= 0.6 is 0 Å². The van der Waals surface area contributed by atoms with Gasteiger partial charge < -0.3 is 5.21 Å². The van der Waals surface area contributed by atoms with Gasteiger partial charge in [-0.1, -0.05) is 39.0 Å². The van der Waals surface area contributed by atoms with Gasteiger partial charge in [0.2, 0.25) is 0 Å². The smallest absolute Gasteiger partial charge is 0.196 e. The van der Waals surface area contributed by atoms with E-state index >= 15 is 0 Å². The molecule has 19 heavy (non-hydrogen) atoms. The molecule has 4 aliphatic carbocycles. The summed E-state index contributed by atoms with van der Waals surface area (Å²) in [5.74, 6) is 2.70. The normalized spacial score (nSPS) is 66.6. The molecule has 0 aromatic heterocycles. The molecule has 0 amide bonds. The minimum absolute atomic E-state index is 0.211. The van der Waals surface area contributed by atoms with Gasteiger partial charge in [0.15, 0.2) is 6.04 Å². The van der Waals surface area contributed by atoms with Crippen LogP contribution in [0.2, 0.25) is 0 Å². The molecule has 2 heterocycles. The predicted octanol–water partition coefficient (Wildman–Crippen LogP) is 3.43. The van der Waals surface area contributed by atoms with Crippen molar-refractivity contribution in [2.45, 2.75) is 59.0 Å². The fourth-order valence-electron chi connectivity index (χ4n) is 7.74. The molecule has 0 aromatic carbocycles. The quantitative estimate of drug-likeness (QED) is 0.486. The SMILES string of the molecule is CC1(C)[C@]2(C)[C@H]3[C@@H]4[C@H]5CCC[C@H]5[C@@H](N=[N+]4[O-])[C@H]3[C@]12C. The summed E-state index contributed by atoms with van der Waals surface area (Å²) in [6.07, 6.45) is 3.91. The number of rotatable bonds is 0. The van der Waals surface area contributed by atoms with Crippen LogP contribution in [0.3, 0.4) is 0 Å². The third-order valence-electron chi connectivity index (χ3n) is 9.07. The van der Waals surface area contributed by atoms with E-state index in [0.717, 1.165) is 10.8 Å². The molecule has 0 aromatic rings. The highest BCUT2D eigenvalue weighted by molar-refractivity contribution is 5.40. The Hall–Kier alpha value is -0.600. The second-order valence-electron chi connectivity index (χ2n) is 8.74. The summed E-state index contributed by atoms with van der Waals surface area (Å²) >= 11 is 0. The number of nitrogens with zero attached hydrogens (tertiary/aromatic N) is 2. The molecule has 8 atom stereocenters. The maximum Gasteiger partial charge on any atom is 0.196 e. The lowest BCUT2D eigenvalue weighted by Crippen LogP contribution is -2.67. The molecular formula is C16H24N2O. The van der Waals surface area contributed by atoms with Gasteiger partial charge in [-0.15, -0.1) is 0 Å². The second-order valence-corrected chi connectivity index (χ2v) is 8.74. The summed E-state index contributed by atoms with van der Waals surface area (Å²) in [7, 11) is 0. The Kier molecular flexibility index (Phi) is 1.52. The van der Waals surface area contributed by atoms with E-state index < -0.39 is 0 Å². The molecular weight excluding hydrogens is 236 g/mol. The first-order valence-electron chi connectivity index (χ1n) is 8.04.